The summed E-state index contributed by atoms with van der Waals surface area (Å²) in [6, 6.07) is 4.57. The van der Waals surface area contributed by atoms with Gasteiger partial charge in [0, 0.05) is 12.3 Å². The molecule has 90 valence electrons. The molecule has 1 unspecified atom stereocenters. The second-order valence-electron chi connectivity index (χ2n) is 3.98. The molecule has 1 aromatic rings. The van der Waals surface area contributed by atoms with Crippen LogP contribution < -0.4 is 11.1 Å². The molecule has 0 bridgehead atoms. The molecule has 0 amide bonds. The minimum Gasteiger partial charge on any atom is -0.395 e. The first-order valence-corrected chi connectivity index (χ1v) is 6.35. The summed E-state index contributed by atoms with van der Waals surface area (Å²) < 4.78 is 13.1. The number of benzene rings is 1. The van der Waals surface area contributed by atoms with Gasteiger partial charge in [-0.3, -0.25) is 0 Å². The molecular formula is C11H17FN2OS. The summed E-state index contributed by atoms with van der Waals surface area (Å²) in [6.07, 6.45) is 1.92. The quantitative estimate of drug-likeness (QED) is 0.693. The molecule has 0 saturated heterocycles. The Morgan fingerprint density at radius 3 is 2.88 bits per heavy atom. The van der Waals surface area contributed by atoms with Crippen molar-refractivity contribution in [2.24, 2.45) is 0 Å². The van der Waals surface area contributed by atoms with Gasteiger partial charge in [0.2, 0.25) is 0 Å². The Balaban J connectivity index is 2.64. The van der Waals surface area contributed by atoms with Crippen LogP contribution >= 0.6 is 11.8 Å². The monoisotopic (exact) mass is 244 g/mol. The molecule has 0 aliphatic heterocycles. The van der Waals surface area contributed by atoms with Crippen molar-refractivity contribution in [2.75, 3.05) is 29.6 Å². The van der Waals surface area contributed by atoms with Gasteiger partial charge < -0.3 is 16.2 Å². The number of aliphatic hydroxyl groups is 1. The minimum absolute atomic E-state index is 0.0856. The van der Waals surface area contributed by atoms with E-state index in [-0.39, 0.29) is 5.69 Å². The van der Waals surface area contributed by atoms with E-state index < -0.39 is 11.4 Å². The van der Waals surface area contributed by atoms with Gasteiger partial charge in [-0.25, -0.2) is 4.39 Å². The molecule has 0 aromatic heterocycles. The van der Waals surface area contributed by atoms with E-state index in [9.17, 15) is 9.50 Å². The van der Waals surface area contributed by atoms with Gasteiger partial charge in [-0.05, 0) is 25.3 Å². The number of thioether (sulfide) groups is 1. The van der Waals surface area contributed by atoms with Crippen molar-refractivity contribution in [3.05, 3.63) is 24.0 Å². The normalized spacial score (nSPS) is 14.5. The standard InChI is InChI=1S/C11H17FN2OS/c1-11(15,7-16-2)6-14-9-5-3-4-8(12)10(9)13/h3-5,14-15H,6-7,13H2,1-2H3. The van der Waals surface area contributed by atoms with Gasteiger partial charge in [0.15, 0.2) is 0 Å². The maximum atomic E-state index is 13.1. The van der Waals surface area contributed by atoms with E-state index in [1.54, 1.807) is 30.8 Å². The van der Waals surface area contributed by atoms with Crippen LogP contribution in [0.2, 0.25) is 0 Å². The van der Waals surface area contributed by atoms with Crippen molar-refractivity contribution in [1.82, 2.24) is 0 Å². The molecule has 0 aliphatic carbocycles. The minimum atomic E-state index is -0.835. The first kappa shape index (κ1) is 13.1. The number of hydrogen-bond acceptors (Lipinski definition) is 4. The fraction of sp³-hybridized carbons (Fsp3) is 0.455. The molecular weight excluding hydrogens is 227 g/mol. The highest BCUT2D eigenvalue weighted by Gasteiger charge is 2.19. The van der Waals surface area contributed by atoms with Crippen LogP contribution in [-0.2, 0) is 0 Å². The molecule has 1 rings (SSSR count). The Kier molecular flexibility index (Phi) is 4.44. The molecule has 1 aromatic carbocycles. The van der Waals surface area contributed by atoms with Gasteiger partial charge in [-0.1, -0.05) is 6.07 Å². The second kappa shape index (κ2) is 5.41. The lowest BCUT2D eigenvalue weighted by atomic mass is 10.1. The topological polar surface area (TPSA) is 58.3 Å². The molecule has 16 heavy (non-hydrogen) atoms. The predicted octanol–water partition coefficient (Wildman–Crippen LogP) is 1.93. The first-order valence-electron chi connectivity index (χ1n) is 4.95. The van der Waals surface area contributed by atoms with Crippen LogP contribution in [0.15, 0.2) is 18.2 Å². The molecule has 3 nitrogen and oxygen atoms in total. The van der Waals surface area contributed by atoms with Crippen molar-refractivity contribution in [3.63, 3.8) is 0 Å². The van der Waals surface area contributed by atoms with Crippen molar-refractivity contribution in [1.29, 1.82) is 0 Å². The third-order valence-corrected chi connectivity index (χ3v) is 3.08. The molecule has 4 N–H and O–H groups in total. The molecule has 5 heteroatoms. The summed E-state index contributed by atoms with van der Waals surface area (Å²) in [6.45, 7) is 2.06. The molecule has 0 fully saturated rings. The Bertz CT molecular complexity index is 358. The van der Waals surface area contributed by atoms with Crippen LogP contribution in [-0.4, -0.2) is 29.3 Å². The van der Waals surface area contributed by atoms with Gasteiger partial charge in [-0.2, -0.15) is 11.8 Å². The molecule has 1 atom stereocenters. The van der Waals surface area contributed by atoms with Crippen molar-refractivity contribution in [3.8, 4) is 0 Å². The van der Waals surface area contributed by atoms with Crippen molar-refractivity contribution >= 4 is 23.1 Å². The summed E-state index contributed by atoms with van der Waals surface area (Å²) in [5.74, 6) is 0.157. The molecule has 0 spiro atoms. The van der Waals surface area contributed by atoms with Crippen LogP contribution in [0.25, 0.3) is 0 Å². The largest absolute Gasteiger partial charge is 0.395 e. The Morgan fingerprint density at radius 1 is 1.56 bits per heavy atom. The highest BCUT2D eigenvalue weighted by atomic mass is 32.2. The maximum Gasteiger partial charge on any atom is 0.148 e. The van der Waals surface area contributed by atoms with E-state index in [2.05, 4.69) is 5.32 Å². The average molecular weight is 244 g/mol. The lowest BCUT2D eigenvalue weighted by Gasteiger charge is -2.23. The van der Waals surface area contributed by atoms with Gasteiger partial charge in [0.1, 0.15) is 5.82 Å². The first-order chi connectivity index (χ1) is 7.46. The Hall–Kier alpha value is -0.940. The van der Waals surface area contributed by atoms with Gasteiger partial charge in [0.05, 0.1) is 17.0 Å². The van der Waals surface area contributed by atoms with E-state index in [1.165, 1.54) is 6.07 Å². The molecule has 0 radical (unpaired) electrons. The van der Waals surface area contributed by atoms with E-state index >= 15 is 0 Å². The number of nitrogen functional groups attached to an aromatic ring is 1. The Labute approximate surface area is 99.2 Å². The zero-order valence-corrected chi connectivity index (χ0v) is 10.3. The predicted molar refractivity (Wildman–Crippen MR) is 68.3 cm³/mol. The molecule has 0 heterocycles. The zero-order valence-electron chi connectivity index (χ0n) is 9.46. The fourth-order valence-corrected chi connectivity index (χ4v) is 2.06. The van der Waals surface area contributed by atoms with Crippen molar-refractivity contribution in [2.45, 2.75) is 12.5 Å². The number of halogens is 1. The summed E-state index contributed by atoms with van der Waals surface area (Å²) in [7, 11) is 0. The number of para-hydroxylation sites is 1. The van der Waals surface area contributed by atoms with Crippen LogP contribution in [0.4, 0.5) is 15.8 Å². The number of anilines is 2. The zero-order chi connectivity index (χ0) is 12.2. The van der Waals surface area contributed by atoms with Crippen LogP contribution in [0.5, 0.6) is 0 Å². The summed E-state index contributed by atoms with van der Waals surface area (Å²) in [5, 5.41) is 12.9. The lowest BCUT2D eigenvalue weighted by Crippen LogP contribution is -2.36. The average Bonchev–Trinajstić information content (AvgIpc) is 2.20. The second-order valence-corrected chi connectivity index (χ2v) is 4.85. The third-order valence-electron chi connectivity index (χ3n) is 2.17. The van der Waals surface area contributed by atoms with Crippen LogP contribution in [0.1, 0.15) is 6.92 Å². The molecule has 0 aliphatic rings. The SMILES string of the molecule is CSCC(C)(O)CNc1cccc(F)c1N. The highest BCUT2D eigenvalue weighted by Crippen LogP contribution is 2.22. The molecule has 0 saturated carbocycles. The highest BCUT2D eigenvalue weighted by molar-refractivity contribution is 7.98. The van der Waals surface area contributed by atoms with E-state index in [4.69, 9.17) is 5.73 Å². The number of nitrogens with two attached hydrogens (primary N) is 1. The van der Waals surface area contributed by atoms with Crippen LogP contribution in [0.3, 0.4) is 0 Å². The fourth-order valence-electron chi connectivity index (χ4n) is 1.34. The van der Waals surface area contributed by atoms with Gasteiger partial charge >= 0.3 is 0 Å². The summed E-state index contributed by atoms with van der Waals surface area (Å²) >= 11 is 1.56. The van der Waals surface area contributed by atoms with Crippen LogP contribution in [0, 0.1) is 5.82 Å². The van der Waals surface area contributed by atoms with Gasteiger partial charge in [-0.15, -0.1) is 0 Å². The number of rotatable bonds is 5. The third kappa shape index (κ3) is 3.57. The van der Waals surface area contributed by atoms with Gasteiger partial charge in [0.25, 0.3) is 0 Å². The number of hydrogen-bond donors (Lipinski definition) is 3. The summed E-state index contributed by atoms with van der Waals surface area (Å²) in [4.78, 5) is 0. The summed E-state index contributed by atoms with van der Waals surface area (Å²) in [5.41, 5.74) is 5.33. The lowest BCUT2D eigenvalue weighted by molar-refractivity contribution is 0.0997. The van der Waals surface area contributed by atoms with E-state index in [0.717, 1.165) is 0 Å². The maximum absolute atomic E-state index is 13.1. The number of nitrogens with one attached hydrogen (secondary N) is 1. The smallest absolute Gasteiger partial charge is 0.148 e. The van der Waals surface area contributed by atoms with E-state index in [0.29, 0.717) is 18.0 Å². The Morgan fingerprint density at radius 2 is 2.25 bits per heavy atom. The van der Waals surface area contributed by atoms with E-state index in [1.807, 2.05) is 6.26 Å². The van der Waals surface area contributed by atoms with Crippen molar-refractivity contribution < 1.29 is 9.50 Å².